The number of benzene rings is 9. The molecule has 0 aliphatic heterocycles. The molecule has 0 amide bonds. The number of rotatable bonds is 5. The summed E-state index contributed by atoms with van der Waals surface area (Å²) in [6.45, 7) is 8.68. The van der Waals surface area contributed by atoms with Gasteiger partial charge in [-0.2, -0.15) is 5.26 Å². The van der Waals surface area contributed by atoms with Crippen molar-refractivity contribution in [3.63, 3.8) is 0 Å². The molecule has 0 radical (unpaired) electrons. The Morgan fingerprint density at radius 1 is 0.483 bits per heavy atom. The van der Waals surface area contributed by atoms with Crippen LogP contribution in [-0.2, 0) is 0 Å². The second-order valence-corrected chi connectivity index (χ2v) is 16.2. The van der Waals surface area contributed by atoms with E-state index in [9.17, 15) is 5.26 Å². The van der Waals surface area contributed by atoms with E-state index >= 15 is 0 Å². The molecule has 3 heterocycles. The van der Waals surface area contributed by atoms with Crippen LogP contribution in [0.15, 0.2) is 188 Å². The molecule has 0 fully saturated rings. The van der Waals surface area contributed by atoms with E-state index in [1.165, 1.54) is 14.8 Å². The first-order chi connectivity index (χ1) is 29.7. The zero-order valence-electron chi connectivity index (χ0n) is 32.0. The Morgan fingerprint density at radius 2 is 1.15 bits per heavy atom. The van der Waals surface area contributed by atoms with Crippen LogP contribution >= 0.6 is 11.3 Å². The third kappa shape index (κ3) is 4.90. The Balaban J connectivity index is 1.17. The SMILES string of the molecule is [C-]#[N+]c1cc(-n2c3ccc(N(c4ccccc4)c4ccccc4)cc3c3ccc4sc5ccccc5c4c32)c(C#N)cc1-n1c2ccccc2c2c3ccccc3ccc21. The van der Waals surface area contributed by atoms with Crippen LogP contribution in [0.3, 0.4) is 0 Å². The number of nitriles is 1. The van der Waals surface area contributed by atoms with Crippen LogP contribution in [0.4, 0.5) is 22.7 Å². The fourth-order valence-corrected chi connectivity index (χ4v) is 10.5. The summed E-state index contributed by atoms with van der Waals surface area (Å²) < 4.78 is 6.77. The maximum Gasteiger partial charge on any atom is 0.212 e. The Morgan fingerprint density at radius 3 is 1.92 bits per heavy atom. The van der Waals surface area contributed by atoms with Crippen LogP contribution in [0.1, 0.15) is 5.56 Å². The Hall–Kier alpha value is -8.16. The molecule has 0 saturated carbocycles. The molecule has 60 heavy (non-hydrogen) atoms. The highest BCUT2D eigenvalue weighted by Gasteiger charge is 2.24. The first-order valence-corrected chi connectivity index (χ1v) is 20.7. The summed E-state index contributed by atoms with van der Waals surface area (Å²) in [5, 5.41) is 20.2. The molecule has 0 unspecified atom stereocenters. The maximum absolute atomic E-state index is 11.2. The molecule has 5 nitrogen and oxygen atoms in total. The van der Waals surface area contributed by atoms with Gasteiger partial charge in [-0.15, -0.1) is 11.3 Å². The van der Waals surface area contributed by atoms with Crippen molar-refractivity contribution in [3.8, 4) is 17.4 Å². The summed E-state index contributed by atoms with van der Waals surface area (Å²) in [6.07, 6.45) is 0. The zero-order chi connectivity index (χ0) is 39.9. The summed E-state index contributed by atoms with van der Waals surface area (Å²) in [6, 6.07) is 68.0. The second kappa shape index (κ2) is 13.2. The number of para-hydroxylation sites is 3. The van der Waals surface area contributed by atoms with E-state index in [4.69, 9.17) is 6.57 Å². The molecule has 0 spiro atoms. The van der Waals surface area contributed by atoms with Gasteiger partial charge in [-0.3, -0.25) is 0 Å². The average molecular weight is 782 g/mol. The first-order valence-electron chi connectivity index (χ1n) is 19.9. The van der Waals surface area contributed by atoms with Crippen molar-refractivity contribution < 1.29 is 0 Å². The zero-order valence-corrected chi connectivity index (χ0v) is 32.9. The predicted molar refractivity (Wildman–Crippen MR) is 251 cm³/mol. The number of nitrogens with zero attached hydrogens (tertiary/aromatic N) is 5. The number of aromatic nitrogens is 2. The highest BCUT2D eigenvalue weighted by molar-refractivity contribution is 7.26. The topological polar surface area (TPSA) is 41.2 Å². The van der Waals surface area contributed by atoms with E-state index in [0.717, 1.165) is 76.8 Å². The first kappa shape index (κ1) is 33.9. The van der Waals surface area contributed by atoms with Crippen molar-refractivity contribution in [2.75, 3.05) is 4.90 Å². The van der Waals surface area contributed by atoms with Crippen LogP contribution in [0.5, 0.6) is 0 Å². The minimum atomic E-state index is 0.466. The van der Waals surface area contributed by atoms with E-state index < -0.39 is 0 Å². The lowest BCUT2D eigenvalue weighted by molar-refractivity contribution is 1.14. The number of hydrogen-bond acceptors (Lipinski definition) is 3. The normalized spacial score (nSPS) is 11.6. The fraction of sp³-hybridized carbons (Fsp3) is 0. The van der Waals surface area contributed by atoms with Crippen molar-refractivity contribution in [2.24, 2.45) is 0 Å². The van der Waals surface area contributed by atoms with Gasteiger partial charge in [0.2, 0.25) is 5.69 Å². The maximum atomic E-state index is 11.2. The molecule has 0 bridgehead atoms. The molecular formula is C54H31N5S. The third-order valence-corrected chi connectivity index (χ3v) is 13.1. The molecule has 0 saturated heterocycles. The summed E-state index contributed by atoms with van der Waals surface area (Å²) in [7, 11) is 0. The minimum Gasteiger partial charge on any atom is -0.319 e. The molecule has 6 heteroatoms. The smallest absolute Gasteiger partial charge is 0.212 e. The lowest BCUT2D eigenvalue weighted by Crippen LogP contribution is -2.09. The van der Waals surface area contributed by atoms with E-state index in [0.29, 0.717) is 22.6 Å². The van der Waals surface area contributed by atoms with Gasteiger partial charge in [0, 0.05) is 58.8 Å². The number of anilines is 3. The lowest BCUT2D eigenvalue weighted by Gasteiger charge is -2.25. The van der Waals surface area contributed by atoms with E-state index in [-0.39, 0.29) is 0 Å². The number of thiophene rings is 1. The van der Waals surface area contributed by atoms with E-state index in [1.54, 1.807) is 11.3 Å². The highest BCUT2D eigenvalue weighted by Crippen LogP contribution is 2.47. The molecule has 3 aromatic heterocycles. The molecule has 0 aliphatic carbocycles. The van der Waals surface area contributed by atoms with Crippen molar-refractivity contribution in [1.82, 2.24) is 9.13 Å². The highest BCUT2D eigenvalue weighted by atomic mass is 32.1. The Kier molecular flexibility index (Phi) is 7.46. The Labute approximate surface area is 348 Å². The van der Waals surface area contributed by atoms with Crippen molar-refractivity contribution >= 4 is 109 Å². The standard InChI is InChI=1S/C54H31N5S/c1-56-44-32-48(35(33-55)30-49(44)58-45-22-12-10-20-41(45)52-39-19-9-8-14-34(39)24-27-47(52)58)59-46-28-25-38(57(36-15-4-2-5-16-36)37-17-6-3-7-18-37)31-43(46)40-26-29-51-53(54(40)59)42-21-11-13-23-50(42)60-51/h2-32H. The molecule has 0 N–H and O–H groups in total. The molecule has 278 valence electrons. The largest absolute Gasteiger partial charge is 0.319 e. The van der Waals surface area contributed by atoms with Gasteiger partial charge >= 0.3 is 0 Å². The monoisotopic (exact) mass is 781 g/mol. The van der Waals surface area contributed by atoms with Crippen molar-refractivity contribution in [1.29, 1.82) is 5.26 Å². The third-order valence-electron chi connectivity index (χ3n) is 11.9. The molecule has 9 aromatic carbocycles. The molecule has 12 rings (SSSR count). The summed E-state index contributed by atoms with van der Waals surface area (Å²) in [5.74, 6) is 0. The summed E-state index contributed by atoms with van der Waals surface area (Å²) in [4.78, 5) is 6.50. The van der Waals surface area contributed by atoms with Crippen LogP contribution < -0.4 is 4.90 Å². The van der Waals surface area contributed by atoms with Gasteiger partial charge in [0.1, 0.15) is 6.07 Å². The van der Waals surface area contributed by atoms with Gasteiger partial charge in [-0.1, -0.05) is 109 Å². The quantitative estimate of drug-likeness (QED) is 0.163. The van der Waals surface area contributed by atoms with Crippen molar-refractivity contribution in [3.05, 3.63) is 205 Å². The van der Waals surface area contributed by atoms with Gasteiger partial charge in [0.25, 0.3) is 0 Å². The molecule has 12 aromatic rings. The number of fused-ring (bicyclic) bond motifs is 12. The predicted octanol–water partition coefficient (Wildman–Crippen LogP) is 15.3. The summed E-state index contributed by atoms with van der Waals surface area (Å²) in [5.41, 5.74) is 9.40. The second-order valence-electron chi connectivity index (χ2n) is 15.1. The minimum absolute atomic E-state index is 0.466. The van der Waals surface area contributed by atoms with Gasteiger partial charge in [-0.05, 0) is 89.6 Å². The van der Waals surface area contributed by atoms with Crippen LogP contribution in [0.25, 0.3) is 90.8 Å². The number of hydrogen-bond donors (Lipinski definition) is 0. The van der Waals surface area contributed by atoms with Crippen molar-refractivity contribution in [2.45, 2.75) is 0 Å². The molecule has 0 aliphatic rings. The van der Waals surface area contributed by atoms with Gasteiger partial charge in [-0.25, -0.2) is 4.85 Å². The van der Waals surface area contributed by atoms with E-state index in [2.05, 4.69) is 183 Å². The van der Waals surface area contributed by atoms with E-state index in [1.807, 2.05) is 30.3 Å². The lowest BCUT2D eigenvalue weighted by atomic mass is 10.0. The average Bonchev–Trinajstić information content (AvgIpc) is 3.97. The Bertz CT molecular complexity index is 3760. The van der Waals surface area contributed by atoms with Crippen LogP contribution in [0.2, 0.25) is 0 Å². The summed E-state index contributed by atoms with van der Waals surface area (Å²) >= 11 is 1.78. The molecule has 0 atom stereocenters. The van der Waals surface area contributed by atoms with Gasteiger partial charge in [0.15, 0.2) is 0 Å². The van der Waals surface area contributed by atoms with Crippen LogP contribution in [-0.4, -0.2) is 9.13 Å². The molecular weight excluding hydrogens is 751 g/mol. The van der Waals surface area contributed by atoms with Gasteiger partial charge < -0.3 is 14.0 Å². The van der Waals surface area contributed by atoms with Crippen LogP contribution in [0, 0.1) is 17.9 Å². The fourth-order valence-electron chi connectivity index (χ4n) is 9.40. The van der Waals surface area contributed by atoms with Gasteiger partial charge in [0.05, 0.1) is 45.6 Å².